The van der Waals surface area contributed by atoms with Crippen LogP contribution in [0.4, 0.5) is 0 Å². The molecule has 0 heterocycles. The van der Waals surface area contributed by atoms with Gasteiger partial charge in [0, 0.05) is 0 Å². The minimum absolute atomic E-state index is 0. The number of hydrogen-bond donors (Lipinski definition) is 1. The molecule has 0 aromatic rings. The van der Waals surface area contributed by atoms with Crippen LogP contribution >= 0.6 is 0 Å². The number of esters is 2. The van der Waals surface area contributed by atoms with E-state index in [-0.39, 0.29) is 42.8 Å². The van der Waals surface area contributed by atoms with Crippen molar-refractivity contribution in [2.45, 2.75) is 71.6 Å². The summed E-state index contributed by atoms with van der Waals surface area (Å²) in [6.07, 6.45) is 6.26. The summed E-state index contributed by atoms with van der Waals surface area (Å²) >= 11 is 0. The van der Waals surface area contributed by atoms with Crippen LogP contribution in [0.5, 0.6) is 0 Å². The average Bonchev–Trinajstić information content (AvgIpc) is 2.51. The number of ether oxygens (including phenoxy) is 2. The van der Waals surface area contributed by atoms with Crippen molar-refractivity contribution in [3.63, 3.8) is 0 Å². The number of rotatable bonds is 14. The predicted molar refractivity (Wildman–Crippen MR) is 89.6 cm³/mol. The van der Waals surface area contributed by atoms with Gasteiger partial charge >= 0.3 is 29.6 Å². The molecule has 142 valence electrons. The van der Waals surface area contributed by atoms with Crippen molar-refractivity contribution in [3.8, 4) is 0 Å². The van der Waals surface area contributed by atoms with Gasteiger partial charge in [-0.1, -0.05) is 52.4 Å². The fourth-order valence-corrected chi connectivity index (χ4v) is 2.51. The third-order valence-corrected chi connectivity index (χ3v) is 4.27. The molecule has 0 unspecified atom stereocenters. The molecule has 0 spiro atoms. The van der Waals surface area contributed by atoms with E-state index in [0.29, 0.717) is 12.8 Å². The Morgan fingerprint density at radius 2 is 1.36 bits per heavy atom. The minimum atomic E-state index is -4.80. The third-order valence-electron chi connectivity index (χ3n) is 3.34. The van der Waals surface area contributed by atoms with Crippen LogP contribution in [0.2, 0.25) is 0 Å². The molecular formula is C16H29NaO7S. The molecule has 0 saturated heterocycles. The predicted octanol–water partition coefficient (Wildman–Crippen LogP) is 0.0473. The first-order chi connectivity index (χ1) is 11.3. The van der Waals surface area contributed by atoms with E-state index in [2.05, 4.69) is 0 Å². The van der Waals surface area contributed by atoms with Crippen molar-refractivity contribution in [2.24, 2.45) is 0 Å². The van der Waals surface area contributed by atoms with Crippen LogP contribution in [0.25, 0.3) is 0 Å². The van der Waals surface area contributed by atoms with Crippen LogP contribution in [0.3, 0.4) is 0 Å². The molecule has 1 N–H and O–H groups in total. The van der Waals surface area contributed by atoms with Crippen LogP contribution < -0.4 is 29.6 Å². The Bertz CT molecular complexity index is 465. The molecule has 0 radical (unpaired) electrons. The normalized spacial score (nSPS) is 10.7. The van der Waals surface area contributed by atoms with Gasteiger partial charge in [0.1, 0.15) is 0 Å². The van der Waals surface area contributed by atoms with Crippen molar-refractivity contribution in [1.82, 2.24) is 0 Å². The van der Waals surface area contributed by atoms with Crippen LogP contribution in [0.1, 0.15) is 71.6 Å². The number of hydrogen-bond acceptors (Lipinski definition) is 6. The topological polar surface area (TPSA) is 107 Å². The van der Waals surface area contributed by atoms with E-state index >= 15 is 0 Å². The summed E-state index contributed by atoms with van der Waals surface area (Å²) in [4.78, 5) is 23.4. The van der Waals surface area contributed by atoms with E-state index in [0.717, 1.165) is 38.5 Å². The van der Waals surface area contributed by atoms with E-state index in [1.165, 1.54) is 0 Å². The maximum absolute atomic E-state index is 11.8. The van der Waals surface area contributed by atoms with E-state index in [4.69, 9.17) is 14.0 Å². The van der Waals surface area contributed by atoms with Gasteiger partial charge in [-0.15, -0.1) is 5.25 Å². The Morgan fingerprint density at radius 3 is 1.80 bits per heavy atom. The molecule has 0 aliphatic heterocycles. The molecule has 0 aliphatic rings. The van der Waals surface area contributed by atoms with Crippen LogP contribution in [-0.4, -0.2) is 38.1 Å². The molecule has 0 atom stereocenters. The number of unbranched alkanes of at least 4 members (excludes halogenated alkanes) is 6. The third kappa shape index (κ3) is 14.6. The first-order valence-corrected chi connectivity index (χ1v) is 9.93. The molecule has 0 aromatic carbocycles. The Hall–Kier alpha value is -0.280. The van der Waals surface area contributed by atoms with E-state index in [9.17, 15) is 18.0 Å². The standard InChI is InChI=1S/C16H29O7S.Na/c1-3-5-7-9-11-22-15(17)13-14(24(19,20)21)16(18)23-12-10-8-6-4-2;/h3-13H2,1-2H3,(H,19,20,21);/q-1;+1. The maximum Gasteiger partial charge on any atom is 1.00 e. The molecule has 0 rings (SSSR count). The van der Waals surface area contributed by atoms with Crippen LogP contribution in [0, 0.1) is 5.25 Å². The Labute approximate surface area is 173 Å². The van der Waals surface area contributed by atoms with Crippen molar-refractivity contribution in [1.29, 1.82) is 0 Å². The summed E-state index contributed by atoms with van der Waals surface area (Å²) in [5.74, 6) is -2.07. The van der Waals surface area contributed by atoms with Gasteiger partial charge in [-0.25, -0.2) is 8.42 Å². The molecular weight excluding hydrogens is 359 g/mol. The molecule has 0 saturated carbocycles. The summed E-state index contributed by atoms with van der Waals surface area (Å²) in [6, 6.07) is 0. The van der Waals surface area contributed by atoms with Gasteiger partial charge in [-0.05, 0) is 19.3 Å². The zero-order valence-electron chi connectivity index (χ0n) is 15.6. The molecule has 9 heteroatoms. The smallest absolute Gasteiger partial charge is 0.487 e. The number of carbonyl (C=O) groups excluding carboxylic acids is 2. The largest absolute Gasteiger partial charge is 1.00 e. The molecule has 0 aliphatic carbocycles. The summed E-state index contributed by atoms with van der Waals surface area (Å²) in [5, 5.41) is -0.975. The zero-order valence-corrected chi connectivity index (χ0v) is 18.4. The average molecular weight is 388 g/mol. The van der Waals surface area contributed by atoms with Gasteiger partial charge in [-0.3, -0.25) is 9.59 Å². The summed E-state index contributed by atoms with van der Waals surface area (Å²) in [6.45, 7) is 4.28. The van der Waals surface area contributed by atoms with Gasteiger partial charge in [0.05, 0.1) is 13.2 Å². The van der Waals surface area contributed by atoms with E-state index in [1.807, 2.05) is 13.8 Å². The van der Waals surface area contributed by atoms with Crippen LogP contribution in [0.15, 0.2) is 0 Å². The summed E-state index contributed by atoms with van der Waals surface area (Å²) in [7, 11) is -4.80. The quantitative estimate of drug-likeness (QED) is 0.147. The molecule has 25 heavy (non-hydrogen) atoms. The van der Waals surface area contributed by atoms with Gasteiger partial charge in [-0.2, -0.15) is 0 Å². The van der Waals surface area contributed by atoms with Gasteiger partial charge < -0.3 is 14.0 Å². The first-order valence-electron chi connectivity index (χ1n) is 8.49. The van der Waals surface area contributed by atoms with Crippen molar-refractivity contribution >= 4 is 22.1 Å². The summed E-state index contributed by atoms with van der Waals surface area (Å²) < 4.78 is 41.3. The fraction of sp³-hybridized carbons (Fsp3) is 0.812. The van der Waals surface area contributed by atoms with E-state index < -0.39 is 33.7 Å². The Kier molecular flexibility index (Phi) is 17.2. The van der Waals surface area contributed by atoms with Crippen molar-refractivity contribution in [2.75, 3.05) is 13.2 Å². The van der Waals surface area contributed by atoms with E-state index in [1.54, 1.807) is 0 Å². The first kappa shape index (κ1) is 26.9. The second-order valence-corrected chi connectivity index (χ2v) is 7.00. The molecule has 0 amide bonds. The van der Waals surface area contributed by atoms with Gasteiger partial charge in [0.15, 0.2) is 16.1 Å². The van der Waals surface area contributed by atoms with Crippen molar-refractivity contribution in [3.05, 3.63) is 5.25 Å². The zero-order chi connectivity index (χ0) is 18.4. The fourth-order valence-electron chi connectivity index (χ4n) is 1.94. The second kappa shape index (κ2) is 15.9. The molecule has 7 nitrogen and oxygen atoms in total. The maximum atomic E-state index is 11.8. The Morgan fingerprint density at radius 1 is 0.880 bits per heavy atom. The second-order valence-electron chi connectivity index (χ2n) is 5.55. The number of carbonyl (C=O) groups is 2. The molecule has 0 bridgehead atoms. The van der Waals surface area contributed by atoms with Gasteiger partial charge in [0.25, 0.3) is 5.97 Å². The minimum Gasteiger partial charge on any atom is -0.487 e. The van der Waals surface area contributed by atoms with Gasteiger partial charge in [0.2, 0.25) is 0 Å². The Balaban J connectivity index is 0. The monoisotopic (exact) mass is 388 g/mol. The molecule has 0 fully saturated rings. The van der Waals surface area contributed by atoms with Crippen molar-refractivity contribution < 1.29 is 61.6 Å². The van der Waals surface area contributed by atoms with Crippen LogP contribution in [-0.2, 0) is 29.2 Å². The summed E-state index contributed by atoms with van der Waals surface area (Å²) in [5.41, 5.74) is 0. The molecule has 0 aromatic heterocycles. The SMILES string of the molecule is CCCCCCOC(=O)C[C-](C(=O)OCCCCCC)S(=O)(=O)O.[Na+].